The highest BCUT2D eigenvalue weighted by atomic mass is 35.5. The molecule has 45 heavy (non-hydrogen) atoms. The number of nitrogens with two attached hydrogens (primary N) is 1. The van der Waals surface area contributed by atoms with E-state index in [0.29, 0.717) is 30.4 Å². The number of likely N-dealkylation sites (N-methyl/N-ethyl adjacent to an activating group) is 1. The van der Waals surface area contributed by atoms with Crippen molar-refractivity contribution in [2.24, 2.45) is 12.8 Å². The summed E-state index contributed by atoms with van der Waals surface area (Å²) < 4.78 is 17.4. The number of pyridine rings is 1. The predicted octanol–water partition coefficient (Wildman–Crippen LogP) is 3.65. The number of aryl methyl sites for hydroxylation is 1. The van der Waals surface area contributed by atoms with Gasteiger partial charge in [-0.1, -0.05) is 11.6 Å². The maximum Gasteiger partial charge on any atom is 0.263 e. The van der Waals surface area contributed by atoms with Gasteiger partial charge in [-0.15, -0.1) is 0 Å². The Kier molecular flexibility index (Phi) is 7.91. The van der Waals surface area contributed by atoms with Crippen molar-refractivity contribution < 1.29 is 19.1 Å². The Morgan fingerprint density at radius 2 is 1.78 bits per heavy atom. The van der Waals surface area contributed by atoms with Crippen LogP contribution < -0.4 is 21.5 Å². The molecule has 0 aliphatic carbocycles. The number of carbonyl (C=O) groups excluding carboxylic acids is 2. The molecule has 0 unspecified atom stereocenters. The molecule has 1 aliphatic heterocycles. The minimum atomic E-state index is -1.09. The van der Waals surface area contributed by atoms with E-state index in [1.165, 1.54) is 34.6 Å². The molecule has 1 aliphatic rings. The maximum atomic E-state index is 14.6. The second kappa shape index (κ2) is 11.1. The number of halogens is 2. The highest BCUT2D eigenvalue weighted by Gasteiger charge is 2.42. The quantitative estimate of drug-likeness (QED) is 0.290. The number of anilines is 2. The molecule has 0 spiro atoms. The smallest absolute Gasteiger partial charge is 0.263 e. The average molecular weight is 639 g/mol. The standard InChI is InChI=1S/C31H36ClFN8O4/c1-16-36-28-25(29(45)38(16)6)19(17-8-18(27(34)44)26(43)21(33)9-17)12-40(28)13-24(42)37-22-10-23(35-11-20(22)32)41-14-30(2,3)39(7)31(4,5)15-41/h8-12,43H,13-15H2,1-7H3,(H2,34,44)(H,35,37,42). The van der Waals surface area contributed by atoms with Gasteiger partial charge >= 0.3 is 0 Å². The van der Waals surface area contributed by atoms with Gasteiger partial charge in [-0.05, 0) is 59.4 Å². The largest absolute Gasteiger partial charge is 0.504 e. The fraction of sp³-hybridized carbons (Fsp3) is 0.387. The van der Waals surface area contributed by atoms with E-state index in [0.717, 1.165) is 6.07 Å². The Morgan fingerprint density at radius 3 is 2.40 bits per heavy atom. The number of piperazine rings is 1. The van der Waals surface area contributed by atoms with Gasteiger partial charge in [0.15, 0.2) is 11.6 Å². The summed E-state index contributed by atoms with van der Waals surface area (Å²) in [4.78, 5) is 52.3. The van der Waals surface area contributed by atoms with Gasteiger partial charge in [0.05, 0.1) is 27.9 Å². The number of benzene rings is 1. The second-order valence-electron chi connectivity index (χ2n) is 12.7. The van der Waals surface area contributed by atoms with Crippen LogP contribution in [-0.2, 0) is 18.4 Å². The van der Waals surface area contributed by atoms with Crippen LogP contribution in [0.1, 0.15) is 43.9 Å². The van der Waals surface area contributed by atoms with E-state index in [1.54, 1.807) is 13.0 Å². The van der Waals surface area contributed by atoms with Crippen LogP contribution in [0.4, 0.5) is 15.9 Å². The highest BCUT2D eigenvalue weighted by Crippen LogP contribution is 2.35. The number of nitrogens with zero attached hydrogens (tertiary/aromatic N) is 6. The van der Waals surface area contributed by atoms with Gasteiger partial charge < -0.3 is 25.6 Å². The molecule has 0 bridgehead atoms. The molecular weight excluding hydrogens is 603 g/mol. The summed E-state index contributed by atoms with van der Waals surface area (Å²) in [5, 5.41) is 13.2. The SMILES string of the molecule is Cc1nc2c(c(-c3cc(F)c(O)c(C(N)=O)c3)cn2CC(=O)Nc2cc(N3CC(C)(C)N(C)C(C)(C)C3)ncc2Cl)c(=O)n1C. The summed E-state index contributed by atoms with van der Waals surface area (Å²) in [6, 6.07) is 3.91. The molecule has 4 heterocycles. The fourth-order valence-corrected chi connectivity index (χ4v) is 6.08. The minimum absolute atomic E-state index is 0.0981. The van der Waals surface area contributed by atoms with Crippen LogP contribution in [0.2, 0.25) is 5.02 Å². The van der Waals surface area contributed by atoms with Gasteiger partial charge in [0, 0.05) is 49.0 Å². The van der Waals surface area contributed by atoms with Gasteiger partial charge in [-0.3, -0.25) is 23.9 Å². The van der Waals surface area contributed by atoms with Crippen molar-refractivity contribution >= 4 is 46.0 Å². The van der Waals surface area contributed by atoms with Gasteiger partial charge in [0.2, 0.25) is 5.91 Å². The lowest BCUT2D eigenvalue weighted by molar-refractivity contribution is -0.116. The molecule has 0 radical (unpaired) electrons. The van der Waals surface area contributed by atoms with Crippen LogP contribution in [-0.4, -0.2) is 72.1 Å². The molecule has 5 rings (SSSR count). The van der Waals surface area contributed by atoms with Crippen LogP contribution in [0.5, 0.6) is 5.75 Å². The summed E-state index contributed by atoms with van der Waals surface area (Å²) >= 11 is 6.46. The zero-order valence-corrected chi connectivity index (χ0v) is 27.0. The molecule has 12 nitrogen and oxygen atoms in total. The normalized spacial score (nSPS) is 16.2. The molecule has 2 amide bonds. The zero-order chi connectivity index (χ0) is 33.2. The Bertz CT molecular complexity index is 1920. The number of primary amides is 1. The fourth-order valence-electron chi connectivity index (χ4n) is 5.93. The van der Waals surface area contributed by atoms with E-state index in [4.69, 9.17) is 17.3 Å². The van der Waals surface area contributed by atoms with Crippen LogP contribution >= 0.6 is 11.6 Å². The van der Waals surface area contributed by atoms with E-state index in [1.807, 2.05) is 0 Å². The molecule has 1 fully saturated rings. The zero-order valence-electron chi connectivity index (χ0n) is 26.2. The Labute approximate surface area is 264 Å². The number of aromatic nitrogens is 4. The van der Waals surface area contributed by atoms with E-state index in [-0.39, 0.29) is 44.8 Å². The number of aromatic hydroxyl groups is 1. The van der Waals surface area contributed by atoms with Crippen LogP contribution in [0.3, 0.4) is 0 Å². The third-order valence-electron chi connectivity index (χ3n) is 8.69. The molecule has 0 saturated carbocycles. The minimum Gasteiger partial charge on any atom is -0.504 e. The van der Waals surface area contributed by atoms with E-state index in [9.17, 15) is 23.9 Å². The summed E-state index contributed by atoms with van der Waals surface area (Å²) in [7, 11) is 3.64. The van der Waals surface area contributed by atoms with Crippen molar-refractivity contribution in [1.82, 2.24) is 24.0 Å². The molecule has 4 aromatic rings. The lowest BCUT2D eigenvalue weighted by Gasteiger charge is -2.55. The molecule has 14 heteroatoms. The predicted molar refractivity (Wildman–Crippen MR) is 171 cm³/mol. The van der Waals surface area contributed by atoms with Crippen molar-refractivity contribution in [1.29, 1.82) is 0 Å². The third kappa shape index (κ3) is 5.73. The van der Waals surface area contributed by atoms with Crippen LogP contribution in [0, 0.1) is 12.7 Å². The molecule has 1 aromatic carbocycles. The number of rotatable bonds is 6. The summed E-state index contributed by atoms with van der Waals surface area (Å²) in [5.74, 6) is -2.45. The first-order chi connectivity index (χ1) is 20.9. The van der Waals surface area contributed by atoms with Crippen LogP contribution in [0.25, 0.3) is 22.2 Å². The molecule has 4 N–H and O–H groups in total. The van der Waals surface area contributed by atoms with Crippen molar-refractivity contribution in [3.8, 4) is 16.9 Å². The molecule has 1 saturated heterocycles. The number of hydrogen-bond donors (Lipinski definition) is 3. The van der Waals surface area contributed by atoms with E-state index in [2.05, 4.69) is 59.8 Å². The molecule has 238 valence electrons. The molecule has 0 atom stereocenters. The van der Waals surface area contributed by atoms with Crippen LogP contribution in [0.15, 0.2) is 35.4 Å². The molecule has 3 aromatic heterocycles. The number of phenols is 1. The first-order valence-corrected chi connectivity index (χ1v) is 14.6. The monoisotopic (exact) mass is 638 g/mol. The first-order valence-electron chi connectivity index (χ1n) is 14.2. The van der Waals surface area contributed by atoms with Crippen molar-refractivity contribution in [2.45, 2.75) is 52.2 Å². The molecular formula is C31H36ClFN8O4. The highest BCUT2D eigenvalue weighted by molar-refractivity contribution is 6.33. The number of nitrogens with one attached hydrogen (secondary N) is 1. The van der Waals surface area contributed by atoms with E-state index >= 15 is 0 Å². The lowest BCUT2D eigenvalue weighted by atomic mass is 9.88. The number of hydrogen-bond acceptors (Lipinski definition) is 8. The second-order valence-corrected chi connectivity index (χ2v) is 13.1. The van der Waals surface area contributed by atoms with Crippen molar-refractivity contribution in [3.05, 3.63) is 63.2 Å². The number of amides is 2. The summed E-state index contributed by atoms with van der Waals surface area (Å²) in [5.41, 5.74) is 5.03. The number of carbonyl (C=O) groups is 2. The Morgan fingerprint density at radius 1 is 1.13 bits per heavy atom. The Hall–Kier alpha value is -4.49. The topological polar surface area (TPSA) is 152 Å². The van der Waals surface area contributed by atoms with E-state index < -0.39 is 34.5 Å². The number of fused-ring (bicyclic) bond motifs is 1. The summed E-state index contributed by atoms with van der Waals surface area (Å²) in [6.07, 6.45) is 2.97. The van der Waals surface area contributed by atoms with Gasteiger partial charge in [0.25, 0.3) is 11.5 Å². The van der Waals surface area contributed by atoms with Crippen molar-refractivity contribution in [3.63, 3.8) is 0 Å². The average Bonchev–Trinajstić information content (AvgIpc) is 3.30. The summed E-state index contributed by atoms with van der Waals surface area (Å²) in [6.45, 7) is 11.5. The third-order valence-corrected chi connectivity index (χ3v) is 8.99. The van der Waals surface area contributed by atoms with Crippen molar-refractivity contribution in [2.75, 3.05) is 30.4 Å². The van der Waals surface area contributed by atoms with Gasteiger partial charge in [-0.2, -0.15) is 0 Å². The first kappa shape index (κ1) is 31.9. The van der Waals surface area contributed by atoms with Gasteiger partial charge in [0.1, 0.15) is 23.8 Å². The lowest BCUT2D eigenvalue weighted by Crippen LogP contribution is -2.67. The van der Waals surface area contributed by atoms with Gasteiger partial charge in [-0.25, -0.2) is 14.4 Å². The maximum absolute atomic E-state index is 14.6. The Balaban J connectivity index is 1.51.